The molecule has 2 rings (SSSR count). The van der Waals surface area contributed by atoms with Crippen LogP contribution in [0, 0.1) is 0 Å². The predicted octanol–water partition coefficient (Wildman–Crippen LogP) is -0.464. The van der Waals surface area contributed by atoms with Crippen LogP contribution in [0.5, 0.6) is 5.75 Å². The lowest BCUT2D eigenvalue weighted by molar-refractivity contribution is -0.899. The van der Waals surface area contributed by atoms with E-state index in [1.807, 2.05) is 12.1 Å². The molecule has 1 saturated heterocycles. The fraction of sp³-hybridized carbons (Fsp3) is 0.533. The Bertz CT molecular complexity index is 425. The topological polar surface area (TPSA) is 46.0 Å². The summed E-state index contributed by atoms with van der Waals surface area (Å²) in [7, 11) is 1.69. The average Bonchev–Trinajstić information content (AvgIpc) is 2.48. The number of hydrogen-bond acceptors (Lipinski definition) is 3. The van der Waals surface area contributed by atoms with Gasteiger partial charge in [0.1, 0.15) is 5.75 Å². The Morgan fingerprint density at radius 2 is 1.95 bits per heavy atom. The zero-order chi connectivity index (χ0) is 14.4. The first-order valence-corrected chi connectivity index (χ1v) is 7.16. The highest BCUT2D eigenvalue weighted by molar-refractivity contribution is 5.72. The monoisotopic (exact) mass is 278 g/mol. The highest BCUT2D eigenvalue weighted by atomic mass is 16.5. The first-order chi connectivity index (χ1) is 9.69. The van der Waals surface area contributed by atoms with Crippen molar-refractivity contribution in [2.75, 3.05) is 51.3 Å². The molecule has 1 aliphatic rings. The highest BCUT2D eigenvalue weighted by Gasteiger charge is 2.19. The Labute approximate surface area is 120 Å². The van der Waals surface area contributed by atoms with E-state index in [9.17, 15) is 4.79 Å². The van der Waals surface area contributed by atoms with Gasteiger partial charge in [-0.05, 0) is 24.3 Å². The summed E-state index contributed by atoms with van der Waals surface area (Å²) >= 11 is 0. The summed E-state index contributed by atoms with van der Waals surface area (Å²) in [6, 6.07) is 8.24. The molecule has 110 valence electrons. The summed E-state index contributed by atoms with van der Waals surface area (Å²) in [6.07, 6.45) is 0. The number of nitrogens with zero attached hydrogens (tertiary/aromatic N) is 1. The minimum absolute atomic E-state index is 0.0567. The third kappa shape index (κ3) is 4.13. The minimum Gasteiger partial charge on any atom is -0.497 e. The zero-order valence-electron chi connectivity index (χ0n) is 12.3. The van der Waals surface area contributed by atoms with Crippen molar-refractivity contribution in [2.45, 2.75) is 6.92 Å². The molecule has 5 nitrogen and oxygen atoms in total. The van der Waals surface area contributed by atoms with E-state index in [1.54, 1.807) is 18.9 Å². The SMILES string of the molecule is COc1ccc(N2CC[NH+](CCNC(C)=O)CC2)cc1. The Hall–Kier alpha value is -1.75. The van der Waals surface area contributed by atoms with Crippen molar-refractivity contribution < 1.29 is 14.4 Å². The molecule has 1 heterocycles. The van der Waals surface area contributed by atoms with E-state index in [2.05, 4.69) is 22.3 Å². The van der Waals surface area contributed by atoms with E-state index in [1.165, 1.54) is 5.69 Å². The Kier molecular flexibility index (Phi) is 5.24. The quantitative estimate of drug-likeness (QED) is 0.766. The largest absolute Gasteiger partial charge is 0.497 e. The second-order valence-corrected chi connectivity index (χ2v) is 5.17. The summed E-state index contributed by atoms with van der Waals surface area (Å²) < 4.78 is 5.18. The number of benzene rings is 1. The van der Waals surface area contributed by atoms with Crippen LogP contribution in [-0.2, 0) is 4.79 Å². The van der Waals surface area contributed by atoms with Crippen LogP contribution in [-0.4, -0.2) is 52.3 Å². The third-order valence-corrected chi connectivity index (χ3v) is 3.76. The fourth-order valence-electron chi connectivity index (χ4n) is 2.54. The molecule has 0 radical (unpaired) electrons. The number of amides is 1. The Morgan fingerprint density at radius 1 is 1.30 bits per heavy atom. The fourth-order valence-corrected chi connectivity index (χ4v) is 2.54. The van der Waals surface area contributed by atoms with Crippen LogP contribution in [0.15, 0.2) is 24.3 Å². The molecular weight excluding hydrogens is 254 g/mol. The number of carbonyl (C=O) groups excluding carboxylic acids is 1. The standard InChI is InChI=1S/C15H23N3O2/c1-13(19)16-7-8-17-9-11-18(12-10-17)14-3-5-15(20-2)6-4-14/h3-6H,7-12H2,1-2H3,(H,16,19)/p+1. The molecule has 2 N–H and O–H groups in total. The van der Waals surface area contributed by atoms with E-state index in [-0.39, 0.29) is 5.91 Å². The number of carbonyl (C=O) groups is 1. The van der Waals surface area contributed by atoms with Gasteiger partial charge in [0.2, 0.25) is 5.91 Å². The number of ether oxygens (including phenoxy) is 1. The van der Waals surface area contributed by atoms with Crippen LogP contribution in [0.2, 0.25) is 0 Å². The first-order valence-electron chi connectivity index (χ1n) is 7.16. The highest BCUT2D eigenvalue weighted by Crippen LogP contribution is 2.18. The smallest absolute Gasteiger partial charge is 0.217 e. The van der Waals surface area contributed by atoms with Gasteiger partial charge >= 0.3 is 0 Å². The molecule has 1 fully saturated rings. The molecule has 1 aliphatic heterocycles. The summed E-state index contributed by atoms with van der Waals surface area (Å²) in [5.41, 5.74) is 1.26. The maximum Gasteiger partial charge on any atom is 0.217 e. The molecule has 1 amide bonds. The molecule has 1 aromatic rings. The maximum absolute atomic E-state index is 10.8. The third-order valence-electron chi connectivity index (χ3n) is 3.76. The zero-order valence-corrected chi connectivity index (χ0v) is 12.3. The number of piperazine rings is 1. The normalized spacial score (nSPS) is 16.0. The second-order valence-electron chi connectivity index (χ2n) is 5.17. The molecular formula is C15H24N3O2+. The molecule has 1 aromatic carbocycles. The number of anilines is 1. The van der Waals surface area contributed by atoms with E-state index in [4.69, 9.17) is 4.74 Å². The van der Waals surface area contributed by atoms with Crippen LogP contribution in [0.1, 0.15) is 6.92 Å². The molecule has 20 heavy (non-hydrogen) atoms. The molecule has 0 unspecified atom stereocenters. The van der Waals surface area contributed by atoms with Crippen LogP contribution < -0.4 is 19.9 Å². The summed E-state index contributed by atoms with van der Waals surface area (Å²) in [6.45, 7) is 7.70. The van der Waals surface area contributed by atoms with E-state index >= 15 is 0 Å². The van der Waals surface area contributed by atoms with Crippen molar-refractivity contribution in [1.29, 1.82) is 0 Å². The van der Waals surface area contributed by atoms with Crippen molar-refractivity contribution in [2.24, 2.45) is 0 Å². The van der Waals surface area contributed by atoms with Crippen molar-refractivity contribution >= 4 is 11.6 Å². The van der Waals surface area contributed by atoms with Gasteiger partial charge < -0.3 is 19.9 Å². The van der Waals surface area contributed by atoms with Gasteiger partial charge in [0.05, 0.1) is 46.4 Å². The van der Waals surface area contributed by atoms with Crippen molar-refractivity contribution in [3.05, 3.63) is 24.3 Å². The van der Waals surface area contributed by atoms with E-state index < -0.39 is 0 Å². The van der Waals surface area contributed by atoms with Gasteiger partial charge in [-0.3, -0.25) is 4.79 Å². The molecule has 0 bridgehead atoms. The molecule has 0 atom stereocenters. The maximum atomic E-state index is 10.8. The summed E-state index contributed by atoms with van der Waals surface area (Å²) in [4.78, 5) is 14.8. The van der Waals surface area contributed by atoms with Crippen molar-refractivity contribution in [3.63, 3.8) is 0 Å². The average molecular weight is 278 g/mol. The minimum atomic E-state index is 0.0567. The van der Waals surface area contributed by atoms with E-state index in [0.717, 1.165) is 45.0 Å². The number of methoxy groups -OCH3 is 1. The number of hydrogen-bond donors (Lipinski definition) is 2. The lowest BCUT2D eigenvalue weighted by Crippen LogP contribution is -3.15. The van der Waals surface area contributed by atoms with Crippen molar-refractivity contribution in [1.82, 2.24) is 5.32 Å². The van der Waals surface area contributed by atoms with Gasteiger partial charge in [-0.15, -0.1) is 0 Å². The molecule has 0 spiro atoms. The lowest BCUT2D eigenvalue weighted by Gasteiger charge is -2.33. The van der Waals surface area contributed by atoms with Crippen LogP contribution in [0.3, 0.4) is 0 Å². The predicted molar refractivity (Wildman–Crippen MR) is 79.5 cm³/mol. The number of nitrogens with one attached hydrogen (secondary N) is 2. The van der Waals surface area contributed by atoms with Gasteiger partial charge in [-0.2, -0.15) is 0 Å². The van der Waals surface area contributed by atoms with Crippen molar-refractivity contribution in [3.8, 4) is 5.75 Å². The number of quaternary nitrogens is 1. The summed E-state index contributed by atoms with van der Waals surface area (Å²) in [5.74, 6) is 0.953. The molecule has 0 saturated carbocycles. The lowest BCUT2D eigenvalue weighted by atomic mass is 10.2. The van der Waals surface area contributed by atoms with Gasteiger partial charge in [-0.1, -0.05) is 0 Å². The van der Waals surface area contributed by atoms with Crippen LogP contribution in [0.25, 0.3) is 0 Å². The number of rotatable bonds is 5. The molecule has 5 heteroatoms. The van der Waals surface area contributed by atoms with Crippen LogP contribution in [0.4, 0.5) is 5.69 Å². The molecule has 0 aromatic heterocycles. The van der Waals surface area contributed by atoms with Crippen LogP contribution >= 0.6 is 0 Å². The van der Waals surface area contributed by atoms with Gasteiger partial charge in [0, 0.05) is 12.6 Å². The van der Waals surface area contributed by atoms with Gasteiger partial charge in [0.15, 0.2) is 0 Å². The first kappa shape index (κ1) is 14.7. The summed E-state index contributed by atoms with van der Waals surface area (Å²) in [5, 5.41) is 2.86. The molecule has 0 aliphatic carbocycles. The Morgan fingerprint density at radius 3 is 2.50 bits per heavy atom. The van der Waals surface area contributed by atoms with Gasteiger partial charge in [-0.25, -0.2) is 0 Å². The van der Waals surface area contributed by atoms with Gasteiger partial charge in [0.25, 0.3) is 0 Å². The van der Waals surface area contributed by atoms with E-state index in [0.29, 0.717) is 0 Å². The Balaban J connectivity index is 1.77. The second kappa shape index (κ2) is 7.14.